The lowest BCUT2D eigenvalue weighted by molar-refractivity contribution is -0.121. The van der Waals surface area contributed by atoms with E-state index in [1.807, 2.05) is 45.4 Å². The van der Waals surface area contributed by atoms with Crippen LogP contribution in [0.1, 0.15) is 18.4 Å². The van der Waals surface area contributed by atoms with Gasteiger partial charge in [-0.1, -0.05) is 12.1 Å². The van der Waals surface area contributed by atoms with Gasteiger partial charge in [0.1, 0.15) is 12.4 Å². The molecule has 1 amide bonds. The molecule has 0 aliphatic heterocycles. The van der Waals surface area contributed by atoms with Gasteiger partial charge in [0.05, 0.1) is 0 Å². The van der Waals surface area contributed by atoms with Crippen molar-refractivity contribution in [1.82, 2.24) is 15.5 Å². The van der Waals surface area contributed by atoms with E-state index in [4.69, 9.17) is 4.74 Å². The minimum absolute atomic E-state index is 0.0872. The molecule has 21 heavy (non-hydrogen) atoms. The first-order valence-corrected chi connectivity index (χ1v) is 7.39. The number of benzene rings is 1. The molecule has 5 heteroatoms. The maximum absolute atomic E-state index is 11.6. The fraction of sp³-hybridized carbons (Fsp3) is 0.562. The van der Waals surface area contributed by atoms with Crippen molar-refractivity contribution in [2.45, 2.75) is 19.4 Å². The normalized spacial score (nSPS) is 10.7. The third-order valence-corrected chi connectivity index (χ3v) is 3.03. The number of carbonyl (C=O) groups is 1. The molecule has 2 N–H and O–H groups in total. The summed E-state index contributed by atoms with van der Waals surface area (Å²) in [6.07, 6.45) is 1.41. The van der Waals surface area contributed by atoms with Crippen molar-refractivity contribution in [3.8, 4) is 5.75 Å². The molecule has 0 spiro atoms. The molecule has 0 saturated carbocycles. The summed E-state index contributed by atoms with van der Waals surface area (Å²) >= 11 is 0. The summed E-state index contributed by atoms with van der Waals surface area (Å²) in [5.41, 5.74) is 1.05. The highest BCUT2D eigenvalue weighted by molar-refractivity contribution is 5.75. The van der Waals surface area contributed by atoms with Crippen LogP contribution in [0.4, 0.5) is 0 Å². The van der Waals surface area contributed by atoms with Crippen LogP contribution < -0.4 is 15.4 Å². The van der Waals surface area contributed by atoms with Gasteiger partial charge in [0.25, 0.3) is 0 Å². The predicted octanol–water partition coefficient (Wildman–Crippen LogP) is 1.24. The van der Waals surface area contributed by atoms with Crippen LogP contribution in [0, 0.1) is 0 Å². The van der Waals surface area contributed by atoms with Crippen molar-refractivity contribution < 1.29 is 9.53 Å². The summed E-state index contributed by atoms with van der Waals surface area (Å²) < 4.78 is 5.68. The maximum atomic E-state index is 11.6. The van der Waals surface area contributed by atoms with Crippen LogP contribution in [0.3, 0.4) is 0 Å². The Balaban J connectivity index is 2.33. The van der Waals surface area contributed by atoms with Crippen LogP contribution in [-0.2, 0) is 11.3 Å². The Bertz CT molecular complexity index is 422. The van der Waals surface area contributed by atoms with Crippen molar-refractivity contribution in [3.63, 3.8) is 0 Å². The SMILES string of the molecule is CNCCCC(=O)NCc1cccc(OCCN(C)C)c1. The fourth-order valence-electron chi connectivity index (χ4n) is 1.81. The molecule has 0 bridgehead atoms. The van der Waals surface area contributed by atoms with Crippen LogP contribution in [0.15, 0.2) is 24.3 Å². The molecule has 0 atom stereocenters. The van der Waals surface area contributed by atoms with Gasteiger partial charge in [-0.25, -0.2) is 0 Å². The van der Waals surface area contributed by atoms with E-state index in [9.17, 15) is 4.79 Å². The molecular weight excluding hydrogens is 266 g/mol. The van der Waals surface area contributed by atoms with Gasteiger partial charge in [-0.05, 0) is 51.8 Å². The molecule has 0 fully saturated rings. The molecule has 1 aromatic rings. The third kappa shape index (κ3) is 8.32. The zero-order valence-corrected chi connectivity index (χ0v) is 13.3. The number of ether oxygens (including phenoxy) is 1. The van der Waals surface area contributed by atoms with Gasteiger partial charge in [-0.3, -0.25) is 4.79 Å². The zero-order valence-electron chi connectivity index (χ0n) is 13.3. The first-order chi connectivity index (χ1) is 10.1. The van der Waals surface area contributed by atoms with Crippen molar-refractivity contribution >= 4 is 5.91 Å². The maximum Gasteiger partial charge on any atom is 0.220 e. The topological polar surface area (TPSA) is 53.6 Å². The molecule has 0 aromatic heterocycles. The lowest BCUT2D eigenvalue weighted by Crippen LogP contribution is -2.23. The number of likely N-dealkylation sites (N-methyl/N-ethyl adjacent to an activating group) is 1. The second-order valence-corrected chi connectivity index (χ2v) is 5.28. The highest BCUT2D eigenvalue weighted by atomic mass is 16.5. The average molecular weight is 293 g/mol. The van der Waals surface area contributed by atoms with E-state index in [0.29, 0.717) is 19.6 Å². The van der Waals surface area contributed by atoms with Gasteiger partial charge in [0.15, 0.2) is 0 Å². The largest absolute Gasteiger partial charge is 0.492 e. The monoisotopic (exact) mass is 293 g/mol. The second-order valence-electron chi connectivity index (χ2n) is 5.28. The first-order valence-electron chi connectivity index (χ1n) is 7.39. The van der Waals surface area contributed by atoms with E-state index < -0.39 is 0 Å². The van der Waals surface area contributed by atoms with Gasteiger partial charge in [0.2, 0.25) is 5.91 Å². The first kappa shape index (κ1) is 17.5. The Kier molecular flexibility index (Phi) is 8.47. The van der Waals surface area contributed by atoms with Crippen LogP contribution in [0.25, 0.3) is 0 Å². The van der Waals surface area contributed by atoms with E-state index in [0.717, 1.165) is 30.8 Å². The summed E-state index contributed by atoms with van der Waals surface area (Å²) in [6.45, 7) is 2.95. The Morgan fingerprint density at radius 2 is 2.14 bits per heavy atom. The number of carbonyl (C=O) groups excluding carboxylic acids is 1. The van der Waals surface area contributed by atoms with Crippen molar-refractivity contribution in [2.75, 3.05) is 40.8 Å². The summed E-state index contributed by atoms with van der Waals surface area (Å²) in [6, 6.07) is 7.86. The standard InChI is InChI=1S/C16H27N3O2/c1-17-9-5-8-16(20)18-13-14-6-4-7-15(12-14)21-11-10-19(2)3/h4,6-7,12,17H,5,8-11,13H2,1-3H3,(H,18,20). The number of nitrogens with zero attached hydrogens (tertiary/aromatic N) is 1. The minimum Gasteiger partial charge on any atom is -0.492 e. The van der Waals surface area contributed by atoms with E-state index in [1.165, 1.54) is 0 Å². The van der Waals surface area contributed by atoms with Gasteiger partial charge in [-0.2, -0.15) is 0 Å². The quantitative estimate of drug-likeness (QED) is 0.637. The van der Waals surface area contributed by atoms with E-state index in [1.54, 1.807) is 0 Å². The molecule has 1 rings (SSSR count). The number of hydrogen-bond donors (Lipinski definition) is 2. The van der Waals surface area contributed by atoms with Crippen LogP contribution >= 0.6 is 0 Å². The molecule has 0 unspecified atom stereocenters. The van der Waals surface area contributed by atoms with E-state index >= 15 is 0 Å². The second kappa shape index (κ2) is 10.2. The highest BCUT2D eigenvalue weighted by Gasteiger charge is 2.02. The summed E-state index contributed by atoms with van der Waals surface area (Å²) in [5.74, 6) is 0.933. The smallest absolute Gasteiger partial charge is 0.220 e. The van der Waals surface area contributed by atoms with Crippen LogP contribution in [0.5, 0.6) is 5.75 Å². The number of nitrogens with one attached hydrogen (secondary N) is 2. The minimum atomic E-state index is 0.0872. The molecule has 0 heterocycles. The van der Waals surface area contributed by atoms with Crippen molar-refractivity contribution in [1.29, 1.82) is 0 Å². The molecule has 1 aromatic carbocycles. The molecule has 0 aliphatic carbocycles. The Labute approximate surface area is 127 Å². The molecular formula is C16H27N3O2. The van der Waals surface area contributed by atoms with Gasteiger partial charge in [0, 0.05) is 19.5 Å². The Morgan fingerprint density at radius 3 is 2.86 bits per heavy atom. The van der Waals surface area contributed by atoms with Crippen LogP contribution in [0.2, 0.25) is 0 Å². The third-order valence-electron chi connectivity index (χ3n) is 3.03. The molecule has 118 valence electrons. The summed E-state index contributed by atoms with van der Waals surface area (Å²) in [5, 5.41) is 5.96. The molecule has 0 radical (unpaired) electrons. The van der Waals surface area contributed by atoms with Gasteiger partial charge < -0.3 is 20.3 Å². The van der Waals surface area contributed by atoms with Gasteiger partial charge >= 0.3 is 0 Å². The molecule has 0 saturated heterocycles. The number of rotatable bonds is 10. The summed E-state index contributed by atoms with van der Waals surface area (Å²) in [4.78, 5) is 13.7. The number of amides is 1. The lowest BCUT2D eigenvalue weighted by atomic mass is 10.2. The highest BCUT2D eigenvalue weighted by Crippen LogP contribution is 2.13. The number of hydrogen-bond acceptors (Lipinski definition) is 4. The zero-order chi connectivity index (χ0) is 15.5. The van der Waals surface area contributed by atoms with E-state index in [2.05, 4.69) is 15.5 Å². The Hall–Kier alpha value is -1.59. The fourth-order valence-corrected chi connectivity index (χ4v) is 1.81. The van der Waals surface area contributed by atoms with E-state index in [-0.39, 0.29) is 5.91 Å². The Morgan fingerprint density at radius 1 is 1.33 bits per heavy atom. The summed E-state index contributed by atoms with van der Waals surface area (Å²) in [7, 11) is 5.92. The molecule has 0 aliphatic rings. The molecule has 5 nitrogen and oxygen atoms in total. The van der Waals surface area contributed by atoms with Crippen LogP contribution in [-0.4, -0.2) is 51.6 Å². The van der Waals surface area contributed by atoms with Crippen molar-refractivity contribution in [3.05, 3.63) is 29.8 Å². The average Bonchev–Trinajstić information content (AvgIpc) is 2.45. The van der Waals surface area contributed by atoms with Gasteiger partial charge in [-0.15, -0.1) is 0 Å². The lowest BCUT2D eigenvalue weighted by Gasteiger charge is -2.12. The predicted molar refractivity (Wildman–Crippen MR) is 85.5 cm³/mol. The van der Waals surface area contributed by atoms with Crippen molar-refractivity contribution in [2.24, 2.45) is 0 Å².